The highest BCUT2D eigenvalue weighted by Crippen LogP contribution is 2.27. The highest BCUT2D eigenvalue weighted by Gasteiger charge is 2.16. The van der Waals surface area contributed by atoms with Crippen LogP contribution in [0, 0.1) is 6.92 Å². The molecule has 0 radical (unpaired) electrons. The lowest BCUT2D eigenvalue weighted by Gasteiger charge is -2.17. The Balaban J connectivity index is 1.49. The van der Waals surface area contributed by atoms with Gasteiger partial charge in [0, 0.05) is 17.5 Å². The number of anilines is 1. The van der Waals surface area contributed by atoms with Gasteiger partial charge < -0.3 is 19.7 Å². The first kappa shape index (κ1) is 23.6. The zero-order chi connectivity index (χ0) is 23.1. The summed E-state index contributed by atoms with van der Waals surface area (Å²) in [6.45, 7) is 2.24. The van der Waals surface area contributed by atoms with E-state index in [-0.39, 0.29) is 24.8 Å². The fourth-order valence-corrected chi connectivity index (χ4v) is 3.71. The third-order valence-electron chi connectivity index (χ3n) is 4.56. The molecule has 1 heterocycles. The third kappa shape index (κ3) is 6.70. The number of methoxy groups -OCH3 is 1. The highest BCUT2D eigenvalue weighted by molar-refractivity contribution is 7.09. The van der Waals surface area contributed by atoms with Gasteiger partial charge in [-0.3, -0.25) is 9.59 Å². The van der Waals surface area contributed by atoms with E-state index in [0.29, 0.717) is 28.8 Å². The molecule has 0 saturated heterocycles. The van der Waals surface area contributed by atoms with Gasteiger partial charge in [-0.05, 0) is 37.3 Å². The minimum Gasteiger partial charge on any atom is -0.495 e. The molecule has 0 atom stereocenters. The average molecular weight is 474 g/mol. The van der Waals surface area contributed by atoms with Crippen molar-refractivity contribution in [3.8, 4) is 11.5 Å². The van der Waals surface area contributed by atoms with Gasteiger partial charge in [0.1, 0.15) is 23.1 Å². The molecule has 2 aromatic carbocycles. The van der Waals surface area contributed by atoms with Crippen molar-refractivity contribution in [2.24, 2.45) is 0 Å². The molecule has 7 nitrogen and oxygen atoms in total. The Morgan fingerprint density at radius 3 is 2.66 bits per heavy atom. The van der Waals surface area contributed by atoms with Crippen molar-refractivity contribution in [2.45, 2.75) is 20.0 Å². The molecular weight excluding hydrogens is 450 g/mol. The summed E-state index contributed by atoms with van der Waals surface area (Å²) in [5.41, 5.74) is 2.26. The number of carbonyl (C=O) groups is 2. The van der Waals surface area contributed by atoms with Crippen LogP contribution < -0.4 is 14.8 Å². The van der Waals surface area contributed by atoms with E-state index >= 15 is 0 Å². The number of carbonyl (C=O) groups excluding carboxylic acids is 2. The number of likely N-dealkylation sites (N-methyl/N-ethyl adjacent to an activating group) is 1. The zero-order valence-electron chi connectivity index (χ0n) is 18.1. The number of thiazole rings is 1. The fraction of sp³-hybridized carbons (Fsp3) is 0.261. The predicted molar refractivity (Wildman–Crippen MR) is 126 cm³/mol. The molecule has 9 heteroatoms. The molecule has 1 aromatic heterocycles. The maximum Gasteiger partial charge on any atom is 0.244 e. The van der Waals surface area contributed by atoms with Gasteiger partial charge in [-0.15, -0.1) is 11.3 Å². The normalized spacial score (nSPS) is 10.5. The Bertz CT molecular complexity index is 1090. The van der Waals surface area contributed by atoms with Crippen LogP contribution in [0.25, 0.3) is 0 Å². The molecule has 0 saturated carbocycles. The number of nitrogens with one attached hydrogen (secondary N) is 1. The van der Waals surface area contributed by atoms with Gasteiger partial charge in [0.05, 0.1) is 31.5 Å². The molecule has 0 spiro atoms. The molecular formula is C23H24ClN3O4S. The second-order valence-corrected chi connectivity index (χ2v) is 8.53. The number of hydrogen-bond acceptors (Lipinski definition) is 6. The summed E-state index contributed by atoms with van der Waals surface area (Å²) in [4.78, 5) is 30.7. The Labute approximate surface area is 195 Å². The van der Waals surface area contributed by atoms with Crippen molar-refractivity contribution in [2.75, 3.05) is 26.0 Å². The van der Waals surface area contributed by atoms with Crippen LogP contribution in [0.15, 0.2) is 47.8 Å². The minimum atomic E-state index is -0.355. The predicted octanol–water partition coefficient (Wildman–Crippen LogP) is 4.33. The number of ether oxygens (including phenoxy) is 2. The molecule has 168 valence electrons. The second kappa shape index (κ2) is 11.0. The number of nitrogens with zero attached hydrogens (tertiary/aromatic N) is 2. The van der Waals surface area contributed by atoms with Crippen molar-refractivity contribution in [1.82, 2.24) is 9.88 Å². The molecule has 0 aliphatic carbocycles. The Hall–Kier alpha value is -3.10. The molecule has 3 rings (SSSR count). The molecule has 0 aliphatic heterocycles. The van der Waals surface area contributed by atoms with E-state index in [4.69, 9.17) is 21.1 Å². The van der Waals surface area contributed by atoms with Crippen molar-refractivity contribution in [1.29, 1.82) is 0 Å². The molecule has 1 N–H and O–H groups in total. The number of hydrogen-bond donors (Lipinski definition) is 1. The first-order valence-electron chi connectivity index (χ1n) is 9.84. The van der Waals surface area contributed by atoms with Gasteiger partial charge in [-0.2, -0.15) is 0 Å². The maximum atomic E-state index is 12.5. The highest BCUT2D eigenvalue weighted by atomic mass is 35.5. The molecule has 0 fully saturated rings. The van der Waals surface area contributed by atoms with Crippen LogP contribution in [-0.2, 0) is 22.6 Å². The molecule has 2 amide bonds. The molecule has 0 unspecified atom stereocenters. The number of aryl methyl sites for hydroxylation is 1. The van der Waals surface area contributed by atoms with Crippen molar-refractivity contribution >= 4 is 40.4 Å². The van der Waals surface area contributed by atoms with Gasteiger partial charge in [-0.1, -0.05) is 29.3 Å². The van der Waals surface area contributed by atoms with E-state index in [2.05, 4.69) is 10.3 Å². The molecule has 32 heavy (non-hydrogen) atoms. The number of benzene rings is 2. The van der Waals surface area contributed by atoms with Crippen LogP contribution in [0.3, 0.4) is 0 Å². The van der Waals surface area contributed by atoms with Crippen molar-refractivity contribution in [3.05, 3.63) is 69.1 Å². The molecule has 0 aliphatic rings. The van der Waals surface area contributed by atoms with Crippen LogP contribution >= 0.6 is 22.9 Å². The quantitative estimate of drug-likeness (QED) is 0.500. The monoisotopic (exact) mass is 473 g/mol. The third-order valence-corrected chi connectivity index (χ3v) is 5.66. The van der Waals surface area contributed by atoms with E-state index in [1.54, 1.807) is 25.2 Å². The van der Waals surface area contributed by atoms with Gasteiger partial charge in [-0.25, -0.2) is 4.98 Å². The van der Waals surface area contributed by atoms with Crippen molar-refractivity contribution < 1.29 is 19.1 Å². The number of aromatic nitrogens is 1. The fourth-order valence-electron chi connectivity index (χ4n) is 2.84. The minimum absolute atomic E-state index is 0.102. The summed E-state index contributed by atoms with van der Waals surface area (Å²) >= 11 is 7.42. The van der Waals surface area contributed by atoms with Crippen LogP contribution in [0.5, 0.6) is 11.5 Å². The Morgan fingerprint density at radius 1 is 1.19 bits per heavy atom. The zero-order valence-corrected chi connectivity index (χ0v) is 19.6. The van der Waals surface area contributed by atoms with Crippen LogP contribution in [0.2, 0.25) is 5.02 Å². The van der Waals surface area contributed by atoms with E-state index in [1.807, 2.05) is 36.6 Å². The molecule has 0 bridgehead atoms. The van der Waals surface area contributed by atoms with E-state index in [0.717, 1.165) is 16.3 Å². The average Bonchev–Trinajstić information content (AvgIpc) is 3.20. The largest absolute Gasteiger partial charge is 0.495 e. The summed E-state index contributed by atoms with van der Waals surface area (Å²) < 4.78 is 10.9. The number of amides is 2. The number of rotatable bonds is 9. The summed E-state index contributed by atoms with van der Waals surface area (Å²) in [6.07, 6.45) is 0.102. The number of halogens is 1. The second-order valence-electron chi connectivity index (χ2n) is 7.15. The standard InChI is InChI=1S/C23H24ClN3O4S/c1-15-4-7-18(8-5-15)31-13-22-25-17(14-32-22)11-23(29)27(2)12-21(28)26-19-10-16(24)6-9-20(19)30-3/h4-10,14H,11-13H2,1-3H3,(H,26,28). The summed E-state index contributed by atoms with van der Waals surface area (Å²) in [5.74, 6) is 0.687. The summed E-state index contributed by atoms with van der Waals surface area (Å²) in [6, 6.07) is 12.7. The van der Waals surface area contributed by atoms with Gasteiger partial charge in [0.25, 0.3) is 0 Å². The smallest absolute Gasteiger partial charge is 0.244 e. The lowest BCUT2D eigenvalue weighted by molar-refractivity contribution is -0.132. The van der Waals surface area contributed by atoms with E-state index in [1.165, 1.54) is 23.3 Å². The summed E-state index contributed by atoms with van der Waals surface area (Å²) in [5, 5.41) is 5.80. The SMILES string of the molecule is COc1ccc(Cl)cc1NC(=O)CN(C)C(=O)Cc1csc(COc2ccc(C)cc2)n1. The van der Waals surface area contributed by atoms with Gasteiger partial charge in [0.2, 0.25) is 11.8 Å². The van der Waals surface area contributed by atoms with E-state index < -0.39 is 0 Å². The van der Waals surface area contributed by atoms with Crippen LogP contribution in [0.1, 0.15) is 16.3 Å². The maximum absolute atomic E-state index is 12.5. The Morgan fingerprint density at radius 2 is 1.94 bits per heavy atom. The molecule has 3 aromatic rings. The van der Waals surface area contributed by atoms with Gasteiger partial charge in [0.15, 0.2) is 0 Å². The lowest BCUT2D eigenvalue weighted by Crippen LogP contribution is -2.35. The first-order chi connectivity index (χ1) is 15.3. The lowest BCUT2D eigenvalue weighted by atomic mass is 10.2. The van der Waals surface area contributed by atoms with Crippen LogP contribution in [-0.4, -0.2) is 42.4 Å². The van der Waals surface area contributed by atoms with E-state index in [9.17, 15) is 9.59 Å². The summed E-state index contributed by atoms with van der Waals surface area (Å²) in [7, 11) is 3.08. The first-order valence-corrected chi connectivity index (χ1v) is 11.1. The Kier molecular flexibility index (Phi) is 8.08. The van der Waals surface area contributed by atoms with Crippen LogP contribution in [0.4, 0.5) is 5.69 Å². The topological polar surface area (TPSA) is 80.8 Å². The van der Waals surface area contributed by atoms with Gasteiger partial charge >= 0.3 is 0 Å². The van der Waals surface area contributed by atoms with Crippen molar-refractivity contribution in [3.63, 3.8) is 0 Å².